The first kappa shape index (κ1) is 11.4. The van der Waals surface area contributed by atoms with Gasteiger partial charge in [-0.05, 0) is 72.1 Å². The van der Waals surface area contributed by atoms with Gasteiger partial charge in [-0.1, -0.05) is 12.1 Å². The number of nitrogens with one attached hydrogen (secondary N) is 1. The standard InChI is InChI=1S/C12H17IN2/c13-11-3-1-9(2-4-11)12(14)10-5-7-15-8-6-10/h1-4,10,12,15H,5-8,14H2/t12-/m0/s1. The van der Waals surface area contributed by atoms with Crippen molar-refractivity contribution in [3.05, 3.63) is 33.4 Å². The van der Waals surface area contributed by atoms with Crippen molar-refractivity contribution in [1.29, 1.82) is 0 Å². The van der Waals surface area contributed by atoms with Gasteiger partial charge in [0.1, 0.15) is 0 Å². The molecule has 0 spiro atoms. The Kier molecular flexibility index (Phi) is 3.99. The molecule has 0 aliphatic carbocycles. The van der Waals surface area contributed by atoms with Crippen LogP contribution in [-0.4, -0.2) is 13.1 Å². The molecule has 3 heteroatoms. The van der Waals surface area contributed by atoms with E-state index in [1.54, 1.807) is 0 Å². The van der Waals surface area contributed by atoms with Gasteiger partial charge >= 0.3 is 0 Å². The summed E-state index contributed by atoms with van der Waals surface area (Å²) in [7, 11) is 0. The van der Waals surface area contributed by atoms with Gasteiger partial charge in [-0.2, -0.15) is 0 Å². The Morgan fingerprint density at radius 3 is 2.40 bits per heavy atom. The molecule has 1 heterocycles. The third-order valence-corrected chi connectivity index (χ3v) is 3.87. The van der Waals surface area contributed by atoms with Crippen molar-refractivity contribution in [2.24, 2.45) is 11.7 Å². The molecule has 1 aliphatic heterocycles. The summed E-state index contributed by atoms with van der Waals surface area (Å²) in [6, 6.07) is 8.81. The van der Waals surface area contributed by atoms with Gasteiger partial charge in [-0.3, -0.25) is 0 Å². The molecule has 1 aliphatic rings. The van der Waals surface area contributed by atoms with Crippen molar-refractivity contribution in [1.82, 2.24) is 5.32 Å². The highest BCUT2D eigenvalue weighted by Gasteiger charge is 2.21. The molecule has 0 aromatic heterocycles. The van der Waals surface area contributed by atoms with Crippen LogP contribution in [0.15, 0.2) is 24.3 Å². The summed E-state index contributed by atoms with van der Waals surface area (Å²) in [4.78, 5) is 0. The fourth-order valence-electron chi connectivity index (χ4n) is 2.16. The maximum absolute atomic E-state index is 6.29. The van der Waals surface area contributed by atoms with E-state index in [9.17, 15) is 0 Å². The second kappa shape index (κ2) is 5.27. The van der Waals surface area contributed by atoms with Gasteiger partial charge in [0.25, 0.3) is 0 Å². The summed E-state index contributed by atoms with van der Waals surface area (Å²) in [5.41, 5.74) is 7.57. The van der Waals surface area contributed by atoms with Crippen LogP contribution in [0.3, 0.4) is 0 Å². The Bertz CT molecular complexity index is 304. The summed E-state index contributed by atoms with van der Waals surface area (Å²) >= 11 is 2.32. The molecule has 15 heavy (non-hydrogen) atoms. The van der Waals surface area contributed by atoms with Crippen LogP contribution in [0.5, 0.6) is 0 Å². The molecule has 0 radical (unpaired) electrons. The number of halogens is 1. The van der Waals surface area contributed by atoms with Gasteiger partial charge in [0.15, 0.2) is 0 Å². The van der Waals surface area contributed by atoms with Crippen molar-refractivity contribution < 1.29 is 0 Å². The molecule has 82 valence electrons. The van der Waals surface area contributed by atoms with Crippen LogP contribution in [0, 0.1) is 9.49 Å². The molecule has 1 atom stereocenters. The zero-order chi connectivity index (χ0) is 10.7. The van der Waals surface area contributed by atoms with E-state index in [0.717, 1.165) is 13.1 Å². The lowest BCUT2D eigenvalue weighted by molar-refractivity contribution is 0.322. The van der Waals surface area contributed by atoms with Gasteiger partial charge in [0, 0.05) is 9.61 Å². The first-order valence-electron chi connectivity index (χ1n) is 5.49. The molecule has 1 aromatic carbocycles. The molecular formula is C12H17IN2. The van der Waals surface area contributed by atoms with Crippen molar-refractivity contribution >= 4 is 22.6 Å². The Morgan fingerprint density at radius 2 is 1.80 bits per heavy atom. The molecule has 0 amide bonds. The largest absolute Gasteiger partial charge is 0.324 e. The lowest BCUT2D eigenvalue weighted by atomic mass is 9.87. The second-order valence-corrected chi connectivity index (χ2v) is 5.41. The van der Waals surface area contributed by atoms with E-state index < -0.39 is 0 Å². The van der Waals surface area contributed by atoms with E-state index >= 15 is 0 Å². The van der Waals surface area contributed by atoms with Gasteiger partial charge in [0.05, 0.1) is 0 Å². The summed E-state index contributed by atoms with van der Waals surface area (Å²) in [6.45, 7) is 2.23. The first-order valence-corrected chi connectivity index (χ1v) is 6.57. The maximum atomic E-state index is 6.29. The molecule has 1 aromatic rings. The Labute approximate surface area is 105 Å². The third-order valence-electron chi connectivity index (χ3n) is 3.15. The fraction of sp³-hybridized carbons (Fsp3) is 0.500. The van der Waals surface area contributed by atoms with Crippen LogP contribution in [0.1, 0.15) is 24.4 Å². The SMILES string of the molecule is N[C@@H](c1ccc(I)cc1)C1CCNCC1. The second-order valence-electron chi connectivity index (χ2n) is 4.16. The van der Waals surface area contributed by atoms with Crippen LogP contribution in [0.2, 0.25) is 0 Å². The van der Waals surface area contributed by atoms with Gasteiger partial charge in [-0.15, -0.1) is 0 Å². The minimum absolute atomic E-state index is 0.212. The summed E-state index contributed by atoms with van der Waals surface area (Å²) in [6.07, 6.45) is 2.40. The monoisotopic (exact) mass is 316 g/mol. The average Bonchev–Trinajstić information content (AvgIpc) is 2.30. The van der Waals surface area contributed by atoms with Gasteiger partial charge in [0.2, 0.25) is 0 Å². The zero-order valence-corrected chi connectivity index (χ0v) is 10.9. The predicted octanol–water partition coefficient (Wildman–Crippen LogP) is 2.29. The van der Waals surface area contributed by atoms with E-state index in [4.69, 9.17) is 5.73 Å². The average molecular weight is 316 g/mol. The molecule has 1 saturated heterocycles. The Balaban J connectivity index is 2.05. The van der Waals surface area contributed by atoms with Crippen molar-refractivity contribution in [3.8, 4) is 0 Å². The molecular weight excluding hydrogens is 299 g/mol. The van der Waals surface area contributed by atoms with Gasteiger partial charge in [-0.25, -0.2) is 0 Å². The van der Waals surface area contributed by atoms with Crippen LogP contribution in [0.4, 0.5) is 0 Å². The molecule has 2 nitrogen and oxygen atoms in total. The topological polar surface area (TPSA) is 38.0 Å². The molecule has 0 saturated carbocycles. The van der Waals surface area contributed by atoms with Crippen LogP contribution in [-0.2, 0) is 0 Å². The number of piperidine rings is 1. The summed E-state index contributed by atoms with van der Waals surface area (Å²) in [5.74, 6) is 0.645. The Hall–Kier alpha value is -0.130. The van der Waals surface area contributed by atoms with Crippen LogP contribution < -0.4 is 11.1 Å². The highest BCUT2D eigenvalue weighted by molar-refractivity contribution is 14.1. The molecule has 0 unspecified atom stereocenters. The lowest BCUT2D eigenvalue weighted by Gasteiger charge is -2.28. The normalized spacial score (nSPS) is 20.1. The number of rotatable bonds is 2. The highest BCUT2D eigenvalue weighted by Crippen LogP contribution is 2.26. The van der Waals surface area contributed by atoms with E-state index in [2.05, 4.69) is 52.2 Å². The summed E-state index contributed by atoms with van der Waals surface area (Å²) in [5, 5.41) is 3.37. The minimum atomic E-state index is 0.212. The number of hydrogen-bond acceptors (Lipinski definition) is 2. The van der Waals surface area contributed by atoms with Crippen LogP contribution >= 0.6 is 22.6 Å². The third kappa shape index (κ3) is 2.92. The van der Waals surface area contributed by atoms with E-state index in [1.165, 1.54) is 22.0 Å². The molecule has 1 fully saturated rings. The first-order chi connectivity index (χ1) is 7.27. The molecule has 2 rings (SSSR count). The molecule has 3 N–H and O–H groups in total. The zero-order valence-electron chi connectivity index (χ0n) is 8.75. The fourth-order valence-corrected chi connectivity index (χ4v) is 2.52. The van der Waals surface area contributed by atoms with Gasteiger partial charge < -0.3 is 11.1 Å². The summed E-state index contributed by atoms with van der Waals surface area (Å²) < 4.78 is 1.27. The molecule has 0 bridgehead atoms. The van der Waals surface area contributed by atoms with Crippen molar-refractivity contribution in [2.75, 3.05) is 13.1 Å². The highest BCUT2D eigenvalue weighted by atomic mass is 127. The number of benzene rings is 1. The predicted molar refractivity (Wildman–Crippen MR) is 71.7 cm³/mol. The quantitative estimate of drug-likeness (QED) is 0.822. The minimum Gasteiger partial charge on any atom is -0.324 e. The smallest absolute Gasteiger partial charge is 0.0324 e. The van der Waals surface area contributed by atoms with E-state index in [1.807, 2.05) is 0 Å². The van der Waals surface area contributed by atoms with Crippen LogP contribution in [0.25, 0.3) is 0 Å². The van der Waals surface area contributed by atoms with Crippen molar-refractivity contribution in [2.45, 2.75) is 18.9 Å². The van der Waals surface area contributed by atoms with E-state index in [0.29, 0.717) is 5.92 Å². The lowest BCUT2D eigenvalue weighted by Crippen LogP contribution is -2.33. The van der Waals surface area contributed by atoms with E-state index in [-0.39, 0.29) is 6.04 Å². The number of hydrogen-bond donors (Lipinski definition) is 2. The van der Waals surface area contributed by atoms with Crippen molar-refractivity contribution in [3.63, 3.8) is 0 Å². The Morgan fingerprint density at radius 1 is 1.20 bits per heavy atom. The number of nitrogens with two attached hydrogens (primary N) is 1. The maximum Gasteiger partial charge on any atom is 0.0324 e.